The summed E-state index contributed by atoms with van der Waals surface area (Å²) in [4.78, 5) is 0. The Morgan fingerprint density at radius 2 is 1.61 bits per heavy atom. The number of hydrogen-bond acceptors (Lipinski definition) is 1. The number of para-hydroxylation sites is 1. The van der Waals surface area contributed by atoms with Crippen molar-refractivity contribution in [2.75, 3.05) is 0 Å². The molecule has 0 heterocycles. The van der Waals surface area contributed by atoms with Crippen molar-refractivity contribution in [3.05, 3.63) is 64.7 Å². The van der Waals surface area contributed by atoms with Gasteiger partial charge in [-0.05, 0) is 37.5 Å². The van der Waals surface area contributed by atoms with Gasteiger partial charge in [0.05, 0.1) is 0 Å². The number of benzene rings is 2. The molecule has 0 aliphatic carbocycles. The first-order chi connectivity index (χ1) is 8.69. The highest BCUT2D eigenvalue weighted by atomic mass is 16.5. The Balaban J connectivity index is 2.11. The minimum Gasteiger partial charge on any atom is -0.489 e. The molecule has 0 N–H and O–H groups in total. The van der Waals surface area contributed by atoms with Crippen molar-refractivity contribution in [3.63, 3.8) is 0 Å². The molecule has 2 aromatic rings. The molecule has 0 bridgehead atoms. The molecule has 0 atom stereocenters. The number of aryl methyl sites for hydroxylation is 3. The average molecular weight is 240 g/mol. The summed E-state index contributed by atoms with van der Waals surface area (Å²) in [5.74, 6) is 0.999. The van der Waals surface area contributed by atoms with Crippen LogP contribution in [0.25, 0.3) is 0 Å². The van der Waals surface area contributed by atoms with Crippen LogP contribution in [0, 0.1) is 13.8 Å². The summed E-state index contributed by atoms with van der Waals surface area (Å²) in [5, 5.41) is 0. The van der Waals surface area contributed by atoms with Gasteiger partial charge in [-0.3, -0.25) is 0 Å². The van der Waals surface area contributed by atoms with E-state index in [0.29, 0.717) is 6.61 Å². The standard InChI is InChI=1S/C17H20O/c1-4-16-7-5-6-8-17(16)18-12-15-10-13(2)9-14(3)11-15/h5-11H,4,12H2,1-3H3. The number of ether oxygens (including phenoxy) is 1. The Kier molecular flexibility index (Phi) is 4.03. The Morgan fingerprint density at radius 1 is 0.944 bits per heavy atom. The van der Waals surface area contributed by atoms with Gasteiger partial charge >= 0.3 is 0 Å². The molecule has 0 aliphatic heterocycles. The first-order valence-electron chi connectivity index (χ1n) is 6.47. The SMILES string of the molecule is CCc1ccccc1OCc1cc(C)cc(C)c1. The Labute approximate surface area is 109 Å². The maximum atomic E-state index is 5.92. The highest BCUT2D eigenvalue weighted by Crippen LogP contribution is 2.20. The quantitative estimate of drug-likeness (QED) is 0.767. The fourth-order valence-corrected chi connectivity index (χ4v) is 2.25. The molecule has 0 unspecified atom stereocenters. The summed E-state index contributed by atoms with van der Waals surface area (Å²) in [5.41, 5.74) is 5.08. The molecule has 0 saturated carbocycles. The van der Waals surface area contributed by atoms with Crippen LogP contribution >= 0.6 is 0 Å². The molecule has 0 aliphatic rings. The lowest BCUT2D eigenvalue weighted by Gasteiger charge is -2.11. The molecule has 0 amide bonds. The molecule has 18 heavy (non-hydrogen) atoms. The van der Waals surface area contributed by atoms with Crippen molar-refractivity contribution in [2.24, 2.45) is 0 Å². The first kappa shape index (κ1) is 12.7. The van der Waals surface area contributed by atoms with E-state index in [1.807, 2.05) is 12.1 Å². The number of hydrogen-bond donors (Lipinski definition) is 0. The van der Waals surface area contributed by atoms with Gasteiger partial charge in [0.25, 0.3) is 0 Å². The van der Waals surface area contributed by atoms with Gasteiger partial charge in [-0.15, -0.1) is 0 Å². The monoisotopic (exact) mass is 240 g/mol. The van der Waals surface area contributed by atoms with E-state index in [-0.39, 0.29) is 0 Å². The molecule has 0 fully saturated rings. The zero-order valence-corrected chi connectivity index (χ0v) is 11.4. The lowest BCUT2D eigenvalue weighted by atomic mass is 10.1. The van der Waals surface area contributed by atoms with Crippen LogP contribution in [0.3, 0.4) is 0 Å². The molecule has 2 rings (SSSR count). The molecule has 0 saturated heterocycles. The van der Waals surface area contributed by atoms with Crippen LogP contribution in [-0.4, -0.2) is 0 Å². The van der Waals surface area contributed by atoms with E-state index < -0.39 is 0 Å². The zero-order chi connectivity index (χ0) is 13.0. The minimum atomic E-state index is 0.638. The zero-order valence-electron chi connectivity index (χ0n) is 11.4. The van der Waals surface area contributed by atoms with Crippen LogP contribution in [-0.2, 0) is 13.0 Å². The van der Waals surface area contributed by atoms with Gasteiger partial charge < -0.3 is 4.74 Å². The maximum absolute atomic E-state index is 5.92. The van der Waals surface area contributed by atoms with E-state index in [1.165, 1.54) is 22.3 Å². The second-order valence-electron chi connectivity index (χ2n) is 4.75. The molecule has 1 nitrogen and oxygen atoms in total. The van der Waals surface area contributed by atoms with Crippen LogP contribution in [0.5, 0.6) is 5.75 Å². The predicted molar refractivity (Wildman–Crippen MR) is 76.1 cm³/mol. The first-order valence-corrected chi connectivity index (χ1v) is 6.47. The molecule has 0 spiro atoms. The average Bonchev–Trinajstić information content (AvgIpc) is 2.35. The lowest BCUT2D eigenvalue weighted by molar-refractivity contribution is 0.303. The summed E-state index contributed by atoms with van der Waals surface area (Å²) >= 11 is 0. The van der Waals surface area contributed by atoms with Gasteiger partial charge in [0, 0.05) is 0 Å². The third kappa shape index (κ3) is 3.13. The van der Waals surface area contributed by atoms with E-state index in [1.54, 1.807) is 0 Å². The van der Waals surface area contributed by atoms with E-state index in [4.69, 9.17) is 4.74 Å². The molecular weight excluding hydrogens is 220 g/mol. The van der Waals surface area contributed by atoms with Crippen molar-refractivity contribution in [1.29, 1.82) is 0 Å². The summed E-state index contributed by atoms with van der Waals surface area (Å²) in [7, 11) is 0. The van der Waals surface area contributed by atoms with E-state index in [2.05, 4.69) is 51.1 Å². The fourth-order valence-electron chi connectivity index (χ4n) is 2.25. The molecule has 0 aromatic heterocycles. The molecule has 2 aromatic carbocycles. The van der Waals surface area contributed by atoms with Gasteiger partial charge in [0.15, 0.2) is 0 Å². The van der Waals surface area contributed by atoms with Crippen LogP contribution in [0.15, 0.2) is 42.5 Å². The van der Waals surface area contributed by atoms with Crippen LogP contribution in [0.2, 0.25) is 0 Å². The summed E-state index contributed by atoms with van der Waals surface area (Å²) < 4.78 is 5.92. The van der Waals surface area contributed by atoms with Gasteiger partial charge in [-0.1, -0.05) is 54.4 Å². The highest BCUT2D eigenvalue weighted by molar-refractivity contribution is 5.34. The maximum Gasteiger partial charge on any atom is 0.122 e. The van der Waals surface area contributed by atoms with Crippen LogP contribution < -0.4 is 4.74 Å². The topological polar surface area (TPSA) is 9.23 Å². The Hall–Kier alpha value is -1.76. The predicted octanol–water partition coefficient (Wildman–Crippen LogP) is 4.44. The van der Waals surface area contributed by atoms with Gasteiger partial charge in [0.1, 0.15) is 12.4 Å². The Bertz CT molecular complexity index is 509. The van der Waals surface area contributed by atoms with Crippen LogP contribution in [0.4, 0.5) is 0 Å². The van der Waals surface area contributed by atoms with Crippen molar-refractivity contribution in [3.8, 4) is 5.75 Å². The molecule has 94 valence electrons. The van der Waals surface area contributed by atoms with Crippen molar-refractivity contribution >= 4 is 0 Å². The number of rotatable bonds is 4. The van der Waals surface area contributed by atoms with E-state index >= 15 is 0 Å². The summed E-state index contributed by atoms with van der Waals surface area (Å²) in [6.45, 7) is 7.03. The minimum absolute atomic E-state index is 0.638. The molecule has 1 heteroatoms. The third-order valence-electron chi connectivity index (χ3n) is 3.03. The van der Waals surface area contributed by atoms with Crippen molar-refractivity contribution in [2.45, 2.75) is 33.8 Å². The van der Waals surface area contributed by atoms with Crippen molar-refractivity contribution in [1.82, 2.24) is 0 Å². The molecular formula is C17H20O. The smallest absolute Gasteiger partial charge is 0.122 e. The van der Waals surface area contributed by atoms with Gasteiger partial charge in [-0.2, -0.15) is 0 Å². The normalized spacial score (nSPS) is 10.4. The summed E-state index contributed by atoms with van der Waals surface area (Å²) in [6.07, 6.45) is 1.00. The van der Waals surface area contributed by atoms with Gasteiger partial charge in [0.2, 0.25) is 0 Å². The van der Waals surface area contributed by atoms with E-state index in [9.17, 15) is 0 Å². The second kappa shape index (κ2) is 5.72. The summed E-state index contributed by atoms with van der Waals surface area (Å²) in [6, 6.07) is 14.8. The second-order valence-corrected chi connectivity index (χ2v) is 4.75. The lowest BCUT2D eigenvalue weighted by Crippen LogP contribution is -1.99. The van der Waals surface area contributed by atoms with E-state index in [0.717, 1.165) is 12.2 Å². The fraction of sp³-hybridized carbons (Fsp3) is 0.294. The largest absolute Gasteiger partial charge is 0.489 e. The Morgan fingerprint density at radius 3 is 2.28 bits per heavy atom. The van der Waals surface area contributed by atoms with Crippen molar-refractivity contribution < 1.29 is 4.74 Å². The third-order valence-corrected chi connectivity index (χ3v) is 3.03. The van der Waals surface area contributed by atoms with Gasteiger partial charge in [-0.25, -0.2) is 0 Å². The molecule has 0 radical (unpaired) electrons. The van der Waals surface area contributed by atoms with Crippen LogP contribution in [0.1, 0.15) is 29.2 Å². The highest BCUT2D eigenvalue weighted by Gasteiger charge is 2.02.